The largest absolute Gasteiger partial charge is 0.383 e. The van der Waals surface area contributed by atoms with Crippen molar-refractivity contribution >= 4 is 6.03 Å². The predicted octanol–water partition coefficient (Wildman–Crippen LogP) is 0.771. The number of aryl methyl sites for hydroxylation is 1. The molecule has 0 unspecified atom stereocenters. The molecule has 6 nitrogen and oxygen atoms in total. The highest BCUT2D eigenvalue weighted by Crippen LogP contribution is 2.04. The molecule has 0 saturated carbocycles. The molecule has 2 amide bonds. The molecule has 1 aromatic heterocycles. The molecule has 0 spiro atoms. The average molecular weight is 227 g/mol. The Labute approximate surface area is 94.5 Å². The number of rotatable bonds is 5. The maximum Gasteiger partial charge on any atom is 0.317 e. The number of ether oxygens (including phenoxy) is 1. The van der Waals surface area contributed by atoms with Gasteiger partial charge in [0.05, 0.1) is 13.2 Å². The Kier molecular flexibility index (Phi) is 4.78. The lowest BCUT2D eigenvalue weighted by atomic mass is 10.3. The minimum atomic E-state index is -0.155. The quantitative estimate of drug-likeness (QED) is 0.754. The second-order valence-electron chi connectivity index (χ2n) is 3.51. The van der Waals surface area contributed by atoms with Crippen LogP contribution < -0.4 is 5.32 Å². The standard InChI is InChI=1S/C10H17N3O3/c1-8-6-9(12-16-8)7-13(2)10(14)11-4-5-15-3/h6H,4-5,7H2,1-3H3,(H,11,14). The molecule has 16 heavy (non-hydrogen) atoms. The van der Waals surface area contributed by atoms with Gasteiger partial charge in [0.2, 0.25) is 0 Å². The van der Waals surface area contributed by atoms with Gasteiger partial charge in [-0.15, -0.1) is 0 Å². The zero-order valence-corrected chi connectivity index (χ0v) is 9.82. The minimum absolute atomic E-state index is 0.155. The Balaban J connectivity index is 2.34. The first-order valence-corrected chi connectivity index (χ1v) is 5.03. The number of nitrogens with one attached hydrogen (secondary N) is 1. The molecule has 1 N–H and O–H groups in total. The van der Waals surface area contributed by atoms with E-state index in [0.717, 1.165) is 11.5 Å². The summed E-state index contributed by atoms with van der Waals surface area (Å²) in [6.45, 7) is 3.24. The van der Waals surface area contributed by atoms with Crippen LogP contribution in [0.5, 0.6) is 0 Å². The first-order valence-electron chi connectivity index (χ1n) is 5.03. The van der Waals surface area contributed by atoms with Crippen LogP contribution in [0.25, 0.3) is 0 Å². The van der Waals surface area contributed by atoms with Crippen LogP contribution in [0.4, 0.5) is 4.79 Å². The van der Waals surface area contributed by atoms with Gasteiger partial charge in [-0.1, -0.05) is 5.16 Å². The van der Waals surface area contributed by atoms with Crippen LogP contribution in [-0.4, -0.2) is 43.4 Å². The van der Waals surface area contributed by atoms with Crippen LogP contribution in [-0.2, 0) is 11.3 Å². The highest BCUT2D eigenvalue weighted by Gasteiger charge is 2.10. The Hall–Kier alpha value is -1.56. The number of methoxy groups -OCH3 is 1. The fourth-order valence-electron chi connectivity index (χ4n) is 1.20. The summed E-state index contributed by atoms with van der Waals surface area (Å²) in [7, 11) is 3.29. The van der Waals surface area contributed by atoms with E-state index in [1.54, 1.807) is 20.2 Å². The Morgan fingerprint density at radius 2 is 2.44 bits per heavy atom. The van der Waals surface area contributed by atoms with Crippen molar-refractivity contribution in [1.29, 1.82) is 0 Å². The van der Waals surface area contributed by atoms with Gasteiger partial charge < -0.3 is 19.5 Å². The van der Waals surface area contributed by atoms with Crippen molar-refractivity contribution < 1.29 is 14.1 Å². The van der Waals surface area contributed by atoms with Crippen LogP contribution in [0.2, 0.25) is 0 Å². The molecule has 0 radical (unpaired) electrons. The van der Waals surface area contributed by atoms with Crippen molar-refractivity contribution in [2.45, 2.75) is 13.5 Å². The smallest absolute Gasteiger partial charge is 0.317 e. The number of aromatic nitrogens is 1. The summed E-state index contributed by atoms with van der Waals surface area (Å²) in [5.74, 6) is 0.739. The molecule has 0 fully saturated rings. The zero-order chi connectivity index (χ0) is 12.0. The molecule has 90 valence electrons. The van der Waals surface area contributed by atoms with Gasteiger partial charge in [0.25, 0.3) is 0 Å². The fraction of sp³-hybridized carbons (Fsp3) is 0.600. The highest BCUT2D eigenvalue weighted by atomic mass is 16.5. The number of carbonyl (C=O) groups is 1. The predicted molar refractivity (Wildman–Crippen MR) is 58.0 cm³/mol. The molecular weight excluding hydrogens is 210 g/mol. The molecule has 1 heterocycles. The van der Waals surface area contributed by atoms with E-state index < -0.39 is 0 Å². The molecule has 6 heteroatoms. The Morgan fingerprint density at radius 3 is 3.00 bits per heavy atom. The van der Waals surface area contributed by atoms with E-state index in [2.05, 4.69) is 10.5 Å². The molecule has 0 aliphatic rings. The number of hydrogen-bond donors (Lipinski definition) is 1. The normalized spacial score (nSPS) is 10.2. The SMILES string of the molecule is COCCNC(=O)N(C)Cc1cc(C)on1. The third-order valence-electron chi connectivity index (χ3n) is 2.01. The summed E-state index contributed by atoms with van der Waals surface area (Å²) in [5.41, 5.74) is 0.738. The van der Waals surface area contributed by atoms with E-state index in [-0.39, 0.29) is 6.03 Å². The van der Waals surface area contributed by atoms with Crippen molar-refractivity contribution in [2.75, 3.05) is 27.3 Å². The summed E-state index contributed by atoms with van der Waals surface area (Å²) in [4.78, 5) is 13.1. The van der Waals surface area contributed by atoms with E-state index in [1.165, 1.54) is 4.90 Å². The van der Waals surface area contributed by atoms with Gasteiger partial charge >= 0.3 is 6.03 Å². The molecule has 0 bridgehead atoms. The number of carbonyl (C=O) groups excluding carboxylic acids is 1. The summed E-state index contributed by atoms with van der Waals surface area (Å²) >= 11 is 0. The molecule has 0 saturated heterocycles. The van der Waals surface area contributed by atoms with Crippen LogP contribution in [0.1, 0.15) is 11.5 Å². The van der Waals surface area contributed by atoms with Crippen molar-refractivity contribution in [2.24, 2.45) is 0 Å². The lowest BCUT2D eigenvalue weighted by molar-refractivity contribution is 0.183. The van der Waals surface area contributed by atoms with Crippen molar-refractivity contribution in [3.63, 3.8) is 0 Å². The number of amides is 2. The second-order valence-corrected chi connectivity index (χ2v) is 3.51. The van der Waals surface area contributed by atoms with Crippen LogP contribution in [0.15, 0.2) is 10.6 Å². The summed E-state index contributed by atoms with van der Waals surface area (Å²) in [6, 6.07) is 1.65. The fourth-order valence-corrected chi connectivity index (χ4v) is 1.20. The van der Waals surface area contributed by atoms with Gasteiger partial charge in [-0.25, -0.2) is 4.79 Å². The van der Waals surface area contributed by atoms with Crippen LogP contribution in [0.3, 0.4) is 0 Å². The summed E-state index contributed by atoms with van der Waals surface area (Å²) in [6.07, 6.45) is 0. The highest BCUT2D eigenvalue weighted by molar-refractivity contribution is 5.73. The topological polar surface area (TPSA) is 67.6 Å². The third kappa shape index (κ3) is 3.90. The average Bonchev–Trinajstić information content (AvgIpc) is 2.64. The van der Waals surface area contributed by atoms with Crippen LogP contribution in [0, 0.1) is 6.92 Å². The number of hydrogen-bond acceptors (Lipinski definition) is 4. The van der Waals surface area contributed by atoms with Gasteiger partial charge in [-0.3, -0.25) is 0 Å². The maximum absolute atomic E-state index is 11.5. The van der Waals surface area contributed by atoms with Gasteiger partial charge in [0, 0.05) is 26.8 Å². The monoisotopic (exact) mass is 227 g/mol. The van der Waals surface area contributed by atoms with Gasteiger partial charge in [-0.2, -0.15) is 0 Å². The first kappa shape index (κ1) is 12.5. The molecule has 0 aliphatic heterocycles. The van der Waals surface area contributed by atoms with Crippen LogP contribution >= 0.6 is 0 Å². The lowest BCUT2D eigenvalue weighted by Gasteiger charge is -2.16. The van der Waals surface area contributed by atoms with E-state index in [4.69, 9.17) is 9.26 Å². The Morgan fingerprint density at radius 1 is 1.69 bits per heavy atom. The van der Waals surface area contributed by atoms with Gasteiger partial charge in [-0.05, 0) is 6.92 Å². The molecule has 1 aromatic rings. The summed E-state index contributed by atoms with van der Waals surface area (Å²) in [5, 5.41) is 6.53. The minimum Gasteiger partial charge on any atom is -0.383 e. The van der Waals surface area contributed by atoms with Crippen molar-refractivity contribution in [1.82, 2.24) is 15.4 Å². The van der Waals surface area contributed by atoms with E-state index in [1.807, 2.05) is 6.92 Å². The van der Waals surface area contributed by atoms with E-state index in [9.17, 15) is 4.79 Å². The van der Waals surface area contributed by atoms with Crippen molar-refractivity contribution in [3.8, 4) is 0 Å². The number of nitrogens with zero attached hydrogens (tertiary/aromatic N) is 2. The van der Waals surface area contributed by atoms with Crippen molar-refractivity contribution in [3.05, 3.63) is 17.5 Å². The number of urea groups is 1. The maximum atomic E-state index is 11.5. The second kappa shape index (κ2) is 6.12. The molecule has 1 rings (SSSR count). The zero-order valence-electron chi connectivity index (χ0n) is 9.82. The molecule has 0 aliphatic carbocycles. The Bertz CT molecular complexity index is 338. The van der Waals surface area contributed by atoms with E-state index >= 15 is 0 Å². The molecular formula is C10H17N3O3. The van der Waals surface area contributed by atoms with Gasteiger partial charge in [0.1, 0.15) is 11.5 Å². The molecule has 0 aromatic carbocycles. The van der Waals surface area contributed by atoms with E-state index in [0.29, 0.717) is 19.7 Å². The first-order chi connectivity index (χ1) is 7.63. The lowest BCUT2D eigenvalue weighted by Crippen LogP contribution is -2.38. The summed E-state index contributed by atoms with van der Waals surface area (Å²) < 4.78 is 9.75. The van der Waals surface area contributed by atoms with Gasteiger partial charge in [0.15, 0.2) is 0 Å². The molecule has 0 atom stereocenters. The third-order valence-corrected chi connectivity index (χ3v) is 2.01.